The third-order valence-electron chi connectivity index (χ3n) is 3.19. The molecule has 0 rings (SSSR count). The Kier molecular flexibility index (Phi) is 40.3. The van der Waals surface area contributed by atoms with Crippen molar-refractivity contribution in [2.24, 2.45) is 0 Å². The molecule has 0 amide bonds. The molecule has 0 aromatic rings. The van der Waals surface area contributed by atoms with Gasteiger partial charge in [0.1, 0.15) is 0 Å². The van der Waals surface area contributed by atoms with Gasteiger partial charge in [-0.2, -0.15) is 0 Å². The summed E-state index contributed by atoms with van der Waals surface area (Å²) in [6.07, 6.45) is 13.7. The first-order chi connectivity index (χ1) is 13.8. The van der Waals surface area contributed by atoms with Crippen LogP contribution in [0.5, 0.6) is 0 Å². The van der Waals surface area contributed by atoms with Crippen molar-refractivity contribution in [1.29, 1.82) is 0 Å². The second-order valence-corrected chi connectivity index (χ2v) is 5.69. The van der Waals surface area contributed by atoms with Crippen LogP contribution in [0.2, 0.25) is 0 Å². The predicted molar refractivity (Wildman–Crippen MR) is 144 cm³/mol. The van der Waals surface area contributed by atoms with Crippen molar-refractivity contribution in [2.45, 2.75) is 103 Å². The molecule has 0 aromatic carbocycles. The molecular weight excluding hydrogens is 348 g/mol. The first kappa shape index (κ1) is 37.9. The average molecular weight is 403 g/mol. The Morgan fingerprint density at radius 1 is 0.586 bits per heavy atom. The number of rotatable bonds is 7. The molecule has 0 heteroatoms. The molecule has 0 fully saturated rings. The molecule has 0 radical (unpaired) electrons. The summed E-state index contributed by atoms with van der Waals surface area (Å²) >= 11 is 0. The van der Waals surface area contributed by atoms with E-state index in [9.17, 15) is 0 Å². The van der Waals surface area contributed by atoms with E-state index in [1.54, 1.807) is 0 Å². The van der Waals surface area contributed by atoms with Gasteiger partial charge in [-0.3, -0.25) is 0 Å². The van der Waals surface area contributed by atoms with Crippen LogP contribution >= 0.6 is 0 Å². The highest BCUT2D eigenvalue weighted by Crippen LogP contribution is 2.16. The van der Waals surface area contributed by atoms with Crippen molar-refractivity contribution in [1.82, 2.24) is 0 Å². The first-order valence-corrected chi connectivity index (χ1v) is 11.5. The zero-order valence-corrected chi connectivity index (χ0v) is 22.6. The van der Waals surface area contributed by atoms with E-state index in [1.165, 1.54) is 22.3 Å². The highest BCUT2D eigenvalue weighted by Gasteiger charge is 1.96. The van der Waals surface area contributed by atoms with E-state index in [2.05, 4.69) is 72.1 Å². The first-order valence-electron chi connectivity index (χ1n) is 11.5. The quantitative estimate of drug-likeness (QED) is 0.371. The van der Waals surface area contributed by atoms with Crippen LogP contribution in [0.25, 0.3) is 0 Å². The predicted octanol–water partition coefficient (Wildman–Crippen LogP) is 11.0. The van der Waals surface area contributed by atoms with Gasteiger partial charge in [0, 0.05) is 0 Å². The lowest BCUT2D eigenvalue weighted by Crippen LogP contribution is -1.84. The summed E-state index contributed by atoms with van der Waals surface area (Å²) in [7, 11) is 0. The molecule has 0 atom stereocenters. The SMILES string of the molecule is C=C(C)/C=C\C(=C)/C(=C/C=C(C)/C(C)=C/C=C(C)C)CC.CC.CC.CC.CC. The minimum Gasteiger partial charge on any atom is -0.0961 e. The summed E-state index contributed by atoms with van der Waals surface area (Å²) in [5.41, 5.74) is 7.21. The monoisotopic (exact) mass is 402 g/mol. The minimum absolute atomic E-state index is 0.972. The summed E-state index contributed by atoms with van der Waals surface area (Å²) in [5, 5.41) is 0. The summed E-state index contributed by atoms with van der Waals surface area (Å²) in [6.45, 7) is 36.6. The van der Waals surface area contributed by atoms with Gasteiger partial charge in [-0.25, -0.2) is 0 Å². The molecule has 0 nitrogen and oxygen atoms in total. The lowest BCUT2D eigenvalue weighted by atomic mass is 10.0. The summed E-state index contributed by atoms with van der Waals surface area (Å²) in [4.78, 5) is 0. The number of hydrogen-bond donors (Lipinski definition) is 0. The van der Waals surface area contributed by atoms with Gasteiger partial charge < -0.3 is 0 Å². The lowest BCUT2D eigenvalue weighted by Gasteiger charge is -2.04. The van der Waals surface area contributed by atoms with Crippen molar-refractivity contribution < 1.29 is 0 Å². The van der Waals surface area contributed by atoms with Crippen LogP contribution in [-0.2, 0) is 0 Å². The van der Waals surface area contributed by atoms with E-state index in [0.29, 0.717) is 0 Å². The van der Waals surface area contributed by atoms with E-state index >= 15 is 0 Å². The molecule has 0 aliphatic heterocycles. The van der Waals surface area contributed by atoms with Crippen LogP contribution < -0.4 is 0 Å². The van der Waals surface area contributed by atoms with Crippen LogP contribution in [0.15, 0.2) is 83.1 Å². The Morgan fingerprint density at radius 2 is 0.966 bits per heavy atom. The highest BCUT2D eigenvalue weighted by atomic mass is 14.0. The fraction of sp³-hybridized carbons (Fsp3) is 0.517. The third kappa shape index (κ3) is 28.5. The zero-order valence-electron chi connectivity index (χ0n) is 22.6. The van der Waals surface area contributed by atoms with Gasteiger partial charge in [0.2, 0.25) is 0 Å². The van der Waals surface area contributed by atoms with E-state index in [-0.39, 0.29) is 0 Å². The summed E-state index contributed by atoms with van der Waals surface area (Å²) in [6, 6.07) is 0. The average Bonchev–Trinajstić information content (AvgIpc) is 2.76. The maximum absolute atomic E-state index is 4.13. The molecule has 0 heterocycles. The molecule has 0 saturated heterocycles. The van der Waals surface area contributed by atoms with Crippen LogP contribution in [0.1, 0.15) is 103 Å². The zero-order chi connectivity index (χ0) is 24.4. The highest BCUT2D eigenvalue weighted by molar-refractivity contribution is 5.43. The van der Waals surface area contributed by atoms with Crippen LogP contribution in [0.3, 0.4) is 0 Å². The van der Waals surface area contributed by atoms with E-state index in [4.69, 9.17) is 0 Å². The van der Waals surface area contributed by atoms with Crippen molar-refractivity contribution >= 4 is 0 Å². The summed E-state index contributed by atoms with van der Waals surface area (Å²) < 4.78 is 0. The minimum atomic E-state index is 0.972. The molecule has 170 valence electrons. The van der Waals surface area contributed by atoms with Crippen LogP contribution in [0, 0.1) is 0 Å². The Bertz CT molecular complexity index is 524. The standard InChI is InChI=1S/C21H30.4C2H6/c1-9-21(20(8)13-11-17(4)5)15-14-19(7)18(6)12-10-16(2)3;4*1-2/h10-15H,4,8-9H2,1-3,5-7H3;4*1-2H3/b13-11-,18-12+,19-14+,21-15+;;;;. The molecule has 0 bridgehead atoms. The normalized spacial score (nSPS) is 10.6. The van der Waals surface area contributed by atoms with E-state index in [1.807, 2.05) is 74.5 Å². The van der Waals surface area contributed by atoms with Gasteiger partial charge in [0.25, 0.3) is 0 Å². The Morgan fingerprint density at radius 3 is 1.28 bits per heavy atom. The van der Waals surface area contributed by atoms with Gasteiger partial charge in [-0.1, -0.05) is 123 Å². The summed E-state index contributed by atoms with van der Waals surface area (Å²) in [5.74, 6) is 0. The Labute approximate surface area is 186 Å². The Hall–Kier alpha value is -1.82. The molecule has 29 heavy (non-hydrogen) atoms. The fourth-order valence-corrected chi connectivity index (χ4v) is 1.58. The maximum Gasteiger partial charge on any atom is -0.0297 e. The molecule has 0 N–H and O–H groups in total. The molecule has 0 aliphatic rings. The fourth-order valence-electron chi connectivity index (χ4n) is 1.58. The lowest BCUT2D eigenvalue weighted by molar-refractivity contribution is 1.13. The molecule has 0 saturated carbocycles. The molecule has 0 spiro atoms. The van der Waals surface area contributed by atoms with Crippen molar-refractivity contribution in [3.05, 3.63) is 83.1 Å². The molecule has 0 unspecified atom stereocenters. The second-order valence-electron chi connectivity index (χ2n) is 5.69. The van der Waals surface area contributed by atoms with Crippen LogP contribution in [0.4, 0.5) is 0 Å². The topological polar surface area (TPSA) is 0 Å². The van der Waals surface area contributed by atoms with E-state index < -0.39 is 0 Å². The number of allylic oxidation sites excluding steroid dienone is 12. The Balaban J connectivity index is -0.000000212. The van der Waals surface area contributed by atoms with Gasteiger partial charge >= 0.3 is 0 Å². The second kappa shape index (κ2) is 30.9. The molecule has 0 aromatic heterocycles. The van der Waals surface area contributed by atoms with Gasteiger partial charge in [0.05, 0.1) is 0 Å². The van der Waals surface area contributed by atoms with Gasteiger partial charge in [0.15, 0.2) is 0 Å². The molecule has 0 aliphatic carbocycles. The largest absolute Gasteiger partial charge is 0.0961 e. The smallest absolute Gasteiger partial charge is 0.0297 e. The third-order valence-corrected chi connectivity index (χ3v) is 3.19. The van der Waals surface area contributed by atoms with Gasteiger partial charge in [-0.15, -0.1) is 0 Å². The number of hydrogen-bond acceptors (Lipinski definition) is 0. The molecular formula is C29H54. The van der Waals surface area contributed by atoms with Gasteiger partial charge in [-0.05, 0) is 63.3 Å². The van der Waals surface area contributed by atoms with E-state index in [0.717, 1.165) is 17.6 Å². The van der Waals surface area contributed by atoms with Crippen molar-refractivity contribution in [3.63, 3.8) is 0 Å². The van der Waals surface area contributed by atoms with Crippen molar-refractivity contribution in [2.75, 3.05) is 0 Å². The van der Waals surface area contributed by atoms with Crippen LogP contribution in [-0.4, -0.2) is 0 Å². The van der Waals surface area contributed by atoms with Crippen molar-refractivity contribution in [3.8, 4) is 0 Å². The maximum atomic E-state index is 4.13.